The van der Waals surface area contributed by atoms with Crippen LogP contribution in [0.3, 0.4) is 0 Å². The monoisotopic (exact) mass is 350 g/mol. The molecule has 2 aromatic carbocycles. The first-order chi connectivity index (χ1) is 12.7. The third-order valence-corrected chi connectivity index (χ3v) is 3.70. The lowest BCUT2D eigenvalue weighted by Gasteiger charge is -2.16. The summed E-state index contributed by atoms with van der Waals surface area (Å²) in [6, 6.07) is 15.7. The van der Waals surface area contributed by atoms with Crippen molar-refractivity contribution in [2.45, 2.75) is 6.61 Å². The predicted octanol–water partition coefficient (Wildman–Crippen LogP) is 3.24. The van der Waals surface area contributed by atoms with Gasteiger partial charge in [-0.15, -0.1) is 0 Å². The number of hydrogen-bond donors (Lipinski definition) is 0. The normalized spacial score (nSPS) is 11.3. The van der Waals surface area contributed by atoms with Crippen LogP contribution in [0, 0.1) is 0 Å². The molecule has 0 radical (unpaired) electrons. The van der Waals surface area contributed by atoms with Crippen LogP contribution < -0.4 is 9.47 Å². The van der Waals surface area contributed by atoms with E-state index < -0.39 is 0 Å². The van der Waals surface area contributed by atoms with E-state index in [1.807, 2.05) is 73.4 Å². The highest BCUT2D eigenvalue weighted by molar-refractivity contribution is 6.02. The molecule has 0 amide bonds. The molecule has 0 aliphatic rings. The molecule has 0 atom stereocenters. The van der Waals surface area contributed by atoms with E-state index >= 15 is 0 Å². The van der Waals surface area contributed by atoms with Crippen LogP contribution >= 0.6 is 0 Å². The van der Waals surface area contributed by atoms with Crippen LogP contribution in [0.4, 0.5) is 0 Å². The molecule has 0 aliphatic heterocycles. The molecular weight excluding hydrogens is 328 g/mol. The topological polar surface area (TPSA) is 51.9 Å². The van der Waals surface area contributed by atoms with Crippen LogP contribution in [0.25, 0.3) is 0 Å². The Morgan fingerprint density at radius 3 is 2.73 bits per heavy atom. The second-order valence-corrected chi connectivity index (χ2v) is 5.88. The fourth-order valence-corrected chi connectivity index (χ4v) is 2.52. The highest BCUT2D eigenvalue weighted by Crippen LogP contribution is 2.22. The Balaban J connectivity index is 1.89. The van der Waals surface area contributed by atoms with E-state index in [4.69, 9.17) is 9.47 Å². The fraction of sp³-hybridized carbons (Fsp3) is 0.200. The molecule has 0 unspecified atom stereocenters. The molecular formula is C20H22N4O2. The van der Waals surface area contributed by atoms with Gasteiger partial charge in [-0.3, -0.25) is 4.57 Å². The number of para-hydroxylation sites is 1. The van der Waals surface area contributed by atoms with Crippen molar-refractivity contribution in [2.24, 2.45) is 5.10 Å². The van der Waals surface area contributed by atoms with Gasteiger partial charge < -0.3 is 14.5 Å². The van der Waals surface area contributed by atoms with Crippen molar-refractivity contribution in [1.82, 2.24) is 14.6 Å². The molecule has 0 bridgehead atoms. The van der Waals surface area contributed by atoms with Gasteiger partial charge in [0.15, 0.2) is 5.84 Å². The highest BCUT2D eigenvalue weighted by Gasteiger charge is 2.13. The first-order valence-corrected chi connectivity index (χ1v) is 8.27. The van der Waals surface area contributed by atoms with Crippen molar-refractivity contribution < 1.29 is 9.47 Å². The van der Waals surface area contributed by atoms with Crippen LogP contribution in [0.1, 0.15) is 11.1 Å². The van der Waals surface area contributed by atoms with Crippen LogP contribution in [0.15, 0.2) is 72.4 Å². The number of benzene rings is 2. The Morgan fingerprint density at radius 1 is 1.15 bits per heavy atom. The highest BCUT2D eigenvalue weighted by atomic mass is 16.5. The number of aromatic nitrogens is 2. The second kappa shape index (κ2) is 8.20. The van der Waals surface area contributed by atoms with Gasteiger partial charge >= 0.3 is 0 Å². The average molecular weight is 350 g/mol. The van der Waals surface area contributed by atoms with Gasteiger partial charge in [0.25, 0.3) is 0 Å². The Kier molecular flexibility index (Phi) is 5.53. The third-order valence-electron chi connectivity index (χ3n) is 3.70. The Labute approximate surface area is 153 Å². The zero-order valence-corrected chi connectivity index (χ0v) is 15.2. The molecule has 0 spiro atoms. The van der Waals surface area contributed by atoms with E-state index in [1.54, 1.807) is 24.6 Å². The number of rotatable bonds is 6. The Hall–Kier alpha value is -3.28. The smallest absolute Gasteiger partial charge is 0.168 e. The summed E-state index contributed by atoms with van der Waals surface area (Å²) in [5.74, 6) is 2.31. The summed E-state index contributed by atoms with van der Waals surface area (Å²) in [6.07, 6.45) is 5.31. The van der Waals surface area contributed by atoms with Crippen molar-refractivity contribution in [3.63, 3.8) is 0 Å². The molecule has 3 rings (SSSR count). The SMILES string of the molecule is COc1cccc(COc2ccccc2C(=NN(C)C)n2ccnc2)c1. The summed E-state index contributed by atoms with van der Waals surface area (Å²) >= 11 is 0. The number of hydrogen-bond acceptors (Lipinski definition) is 5. The largest absolute Gasteiger partial charge is 0.497 e. The van der Waals surface area contributed by atoms with Crippen LogP contribution in [-0.4, -0.2) is 41.6 Å². The molecule has 0 N–H and O–H groups in total. The van der Waals surface area contributed by atoms with E-state index in [0.29, 0.717) is 6.61 Å². The zero-order chi connectivity index (χ0) is 18.4. The van der Waals surface area contributed by atoms with Gasteiger partial charge in [0.2, 0.25) is 0 Å². The lowest BCUT2D eigenvalue weighted by Crippen LogP contribution is -2.18. The minimum Gasteiger partial charge on any atom is -0.497 e. The van der Waals surface area contributed by atoms with Crippen molar-refractivity contribution in [2.75, 3.05) is 21.2 Å². The molecule has 0 saturated carbocycles. The molecule has 134 valence electrons. The van der Waals surface area contributed by atoms with E-state index in [-0.39, 0.29) is 0 Å². The second-order valence-electron chi connectivity index (χ2n) is 5.88. The van der Waals surface area contributed by atoms with Gasteiger partial charge in [-0.2, -0.15) is 5.10 Å². The summed E-state index contributed by atoms with van der Waals surface area (Å²) in [5.41, 5.74) is 1.93. The van der Waals surface area contributed by atoms with Crippen LogP contribution in [-0.2, 0) is 6.61 Å². The van der Waals surface area contributed by atoms with Gasteiger partial charge in [0.05, 0.1) is 12.7 Å². The van der Waals surface area contributed by atoms with E-state index in [0.717, 1.165) is 28.5 Å². The minimum absolute atomic E-state index is 0.438. The van der Waals surface area contributed by atoms with Crippen LogP contribution in [0.2, 0.25) is 0 Å². The molecule has 0 saturated heterocycles. The van der Waals surface area contributed by atoms with Gasteiger partial charge in [-0.1, -0.05) is 24.3 Å². The van der Waals surface area contributed by atoms with Gasteiger partial charge in [-0.25, -0.2) is 4.98 Å². The van der Waals surface area contributed by atoms with E-state index in [1.165, 1.54) is 0 Å². The lowest BCUT2D eigenvalue weighted by molar-refractivity contribution is 0.304. The summed E-state index contributed by atoms with van der Waals surface area (Å²) < 4.78 is 13.2. The van der Waals surface area contributed by atoms with Crippen molar-refractivity contribution in [3.05, 3.63) is 78.4 Å². The van der Waals surface area contributed by atoms with Crippen molar-refractivity contribution in [3.8, 4) is 11.5 Å². The maximum atomic E-state index is 6.09. The molecule has 6 nitrogen and oxygen atoms in total. The Bertz CT molecular complexity index is 873. The predicted molar refractivity (Wildman–Crippen MR) is 102 cm³/mol. The van der Waals surface area contributed by atoms with Gasteiger partial charge in [0, 0.05) is 26.5 Å². The first-order valence-electron chi connectivity index (χ1n) is 8.27. The standard InChI is InChI=1S/C20H22N4O2/c1-23(2)22-20(24-12-11-21-15-24)18-9-4-5-10-19(18)26-14-16-7-6-8-17(13-16)25-3/h4-13,15H,14H2,1-3H3. The minimum atomic E-state index is 0.438. The molecule has 6 heteroatoms. The van der Waals surface area contributed by atoms with Crippen molar-refractivity contribution in [1.29, 1.82) is 0 Å². The fourth-order valence-electron chi connectivity index (χ4n) is 2.52. The van der Waals surface area contributed by atoms with Gasteiger partial charge in [-0.05, 0) is 29.8 Å². The Morgan fingerprint density at radius 2 is 2.00 bits per heavy atom. The molecule has 1 aromatic heterocycles. The summed E-state index contributed by atoms with van der Waals surface area (Å²) in [5, 5.41) is 6.36. The average Bonchev–Trinajstić information content (AvgIpc) is 3.19. The first kappa shape index (κ1) is 17.5. The van der Waals surface area contributed by atoms with E-state index in [2.05, 4.69) is 10.1 Å². The third kappa shape index (κ3) is 4.22. The summed E-state index contributed by atoms with van der Waals surface area (Å²) in [7, 11) is 5.43. The maximum Gasteiger partial charge on any atom is 0.168 e. The molecule has 3 aromatic rings. The summed E-state index contributed by atoms with van der Waals surface area (Å²) in [4.78, 5) is 4.13. The quantitative estimate of drug-likeness (QED) is 0.389. The number of ether oxygens (including phenoxy) is 2. The zero-order valence-electron chi connectivity index (χ0n) is 15.2. The number of nitrogens with zero attached hydrogens (tertiary/aromatic N) is 4. The number of imidazole rings is 1. The van der Waals surface area contributed by atoms with Gasteiger partial charge in [0.1, 0.15) is 24.4 Å². The number of methoxy groups -OCH3 is 1. The molecule has 1 heterocycles. The number of hydrazone groups is 1. The maximum absolute atomic E-state index is 6.09. The molecule has 0 aliphatic carbocycles. The van der Waals surface area contributed by atoms with E-state index in [9.17, 15) is 0 Å². The van der Waals surface area contributed by atoms with Crippen LogP contribution in [0.5, 0.6) is 11.5 Å². The molecule has 0 fully saturated rings. The van der Waals surface area contributed by atoms with Crippen molar-refractivity contribution >= 4 is 5.84 Å². The molecule has 26 heavy (non-hydrogen) atoms. The summed E-state index contributed by atoms with van der Waals surface area (Å²) in [6.45, 7) is 0.438. The lowest BCUT2D eigenvalue weighted by atomic mass is 10.1.